The molecule has 3 rings (SSSR count). The van der Waals surface area contributed by atoms with Crippen LogP contribution >= 0.6 is 0 Å². The van der Waals surface area contributed by atoms with E-state index in [1.54, 1.807) is 67.6 Å². The van der Waals surface area contributed by atoms with Crippen molar-refractivity contribution in [3.63, 3.8) is 0 Å². The molecule has 0 aliphatic carbocycles. The van der Waals surface area contributed by atoms with Gasteiger partial charge < -0.3 is 20.7 Å². The maximum Gasteiger partial charge on any atom is 0.323 e. The summed E-state index contributed by atoms with van der Waals surface area (Å²) in [7, 11) is 0. The molecule has 0 heterocycles. The van der Waals surface area contributed by atoms with Crippen molar-refractivity contribution in [3.8, 4) is 11.8 Å². The molecule has 7 heteroatoms. The van der Waals surface area contributed by atoms with E-state index in [1.807, 2.05) is 24.3 Å². The Kier molecular flexibility index (Phi) is 6.64. The minimum Gasteiger partial charge on any atom is -0.481 e. The van der Waals surface area contributed by atoms with Crippen LogP contribution in [0.15, 0.2) is 78.9 Å². The number of nitrogens with zero attached hydrogens (tertiary/aromatic N) is 1. The molecule has 3 amide bonds. The van der Waals surface area contributed by atoms with Gasteiger partial charge in [0, 0.05) is 17.1 Å². The maximum absolute atomic E-state index is 12.3. The molecule has 0 radical (unpaired) electrons. The van der Waals surface area contributed by atoms with E-state index in [-0.39, 0.29) is 11.9 Å². The number of nitriles is 1. The molecule has 0 spiro atoms. The number of amides is 3. The molecule has 0 bridgehead atoms. The predicted octanol–water partition coefficient (Wildman–Crippen LogP) is 4.61. The monoisotopic (exact) mass is 400 g/mol. The van der Waals surface area contributed by atoms with Crippen molar-refractivity contribution in [3.05, 3.63) is 84.4 Å². The Morgan fingerprint density at radius 3 is 1.90 bits per heavy atom. The molecule has 1 atom stereocenters. The fraction of sp³-hybridized carbons (Fsp3) is 0.0870. The Morgan fingerprint density at radius 2 is 1.33 bits per heavy atom. The van der Waals surface area contributed by atoms with Gasteiger partial charge in [-0.15, -0.1) is 0 Å². The van der Waals surface area contributed by atoms with Crippen molar-refractivity contribution in [2.75, 3.05) is 16.0 Å². The van der Waals surface area contributed by atoms with Gasteiger partial charge in [0.15, 0.2) is 6.10 Å². The summed E-state index contributed by atoms with van der Waals surface area (Å²) in [6.07, 6.45) is -0.729. The number of carbonyl (C=O) groups excluding carboxylic acids is 2. The lowest BCUT2D eigenvalue weighted by atomic mass is 10.2. The van der Waals surface area contributed by atoms with Gasteiger partial charge in [-0.25, -0.2) is 4.79 Å². The van der Waals surface area contributed by atoms with Crippen LogP contribution in [0.5, 0.6) is 5.75 Å². The van der Waals surface area contributed by atoms with E-state index in [2.05, 4.69) is 16.0 Å². The second-order valence-electron chi connectivity index (χ2n) is 6.41. The molecule has 30 heavy (non-hydrogen) atoms. The summed E-state index contributed by atoms with van der Waals surface area (Å²) in [6, 6.07) is 24.1. The van der Waals surface area contributed by atoms with Crippen LogP contribution in [-0.2, 0) is 4.79 Å². The number of para-hydroxylation sites is 1. The summed E-state index contributed by atoms with van der Waals surface area (Å²) in [5.74, 6) is 0.183. The lowest BCUT2D eigenvalue weighted by Gasteiger charge is -2.15. The Hall–Kier alpha value is -4.31. The number of rotatable bonds is 6. The highest BCUT2D eigenvalue weighted by Gasteiger charge is 2.15. The van der Waals surface area contributed by atoms with Crippen LogP contribution in [-0.4, -0.2) is 18.0 Å². The van der Waals surface area contributed by atoms with Gasteiger partial charge in [-0.2, -0.15) is 5.26 Å². The molecule has 7 nitrogen and oxygen atoms in total. The van der Waals surface area contributed by atoms with Gasteiger partial charge >= 0.3 is 6.03 Å². The molecule has 0 saturated carbocycles. The number of ether oxygens (including phenoxy) is 1. The first-order chi connectivity index (χ1) is 14.5. The Labute approximate surface area is 174 Å². The minimum atomic E-state index is -0.729. The van der Waals surface area contributed by atoms with E-state index in [0.29, 0.717) is 28.4 Å². The number of hydrogen-bond donors (Lipinski definition) is 3. The summed E-state index contributed by atoms with van der Waals surface area (Å²) in [6.45, 7) is 1.64. The van der Waals surface area contributed by atoms with Crippen LogP contribution in [0.25, 0.3) is 0 Å². The minimum absolute atomic E-state index is 0.318. The lowest BCUT2D eigenvalue weighted by Crippen LogP contribution is -2.30. The Morgan fingerprint density at radius 1 is 0.800 bits per heavy atom. The average Bonchev–Trinajstić information content (AvgIpc) is 2.76. The summed E-state index contributed by atoms with van der Waals surface area (Å²) in [4.78, 5) is 24.4. The number of anilines is 3. The summed E-state index contributed by atoms with van der Waals surface area (Å²) < 4.78 is 5.59. The zero-order valence-corrected chi connectivity index (χ0v) is 16.3. The number of urea groups is 1. The van der Waals surface area contributed by atoms with Gasteiger partial charge in [-0.05, 0) is 67.6 Å². The lowest BCUT2D eigenvalue weighted by molar-refractivity contribution is -0.122. The van der Waals surface area contributed by atoms with Crippen molar-refractivity contribution in [1.82, 2.24) is 0 Å². The van der Waals surface area contributed by atoms with E-state index in [0.717, 1.165) is 0 Å². The SMILES string of the molecule is CC(Oc1ccc(C#N)cc1)C(=O)Nc1ccc(NC(=O)Nc2ccccc2)cc1. The molecule has 0 aromatic heterocycles. The first-order valence-electron chi connectivity index (χ1n) is 9.24. The molecular weight excluding hydrogens is 380 g/mol. The van der Waals surface area contributed by atoms with Crippen LogP contribution in [0.1, 0.15) is 12.5 Å². The Balaban J connectivity index is 1.51. The molecule has 0 aliphatic heterocycles. The van der Waals surface area contributed by atoms with Gasteiger partial charge in [0.05, 0.1) is 11.6 Å². The topological polar surface area (TPSA) is 103 Å². The highest BCUT2D eigenvalue weighted by Crippen LogP contribution is 2.17. The summed E-state index contributed by atoms with van der Waals surface area (Å²) in [5.41, 5.74) is 2.37. The fourth-order valence-electron chi connectivity index (χ4n) is 2.56. The second-order valence-corrected chi connectivity index (χ2v) is 6.41. The van der Waals surface area contributed by atoms with Crippen LogP contribution in [0.4, 0.5) is 21.9 Å². The van der Waals surface area contributed by atoms with E-state index in [1.165, 1.54) is 0 Å². The van der Waals surface area contributed by atoms with Crippen LogP contribution < -0.4 is 20.7 Å². The third-order valence-electron chi connectivity index (χ3n) is 4.11. The molecule has 0 aliphatic rings. The molecule has 0 fully saturated rings. The van der Waals surface area contributed by atoms with Crippen molar-refractivity contribution in [2.45, 2.75) is 13.0 Å². The molecule has 3 aromatic rings. The van der Waals surface area contributed by atoms with Crippen molar-refractivity contribution >= 4 is 29.0 Å². The number of hydrogen-bond acceptors (Lipinski definition) is 4. The molecule has 1 unspecified atom stereocenters. The quantitative estimate of drug-likeness (QED) is 0.562. The van der Waals surface area contributed by atoms with E-state index in [4.69, 9.17) is 10.00 Å². The second kappa shape index (κ2) is 9.75. The first-order valence-corrected chi connectivity index (χ1v) is 9.24. The average molecular weight is 400 g/mol. The third-order valence-corrected chi connectivity index (χ3v) is 4.11. The molecule has 3 aromatic carbocycles. The van der Waals surface area contributed by atoms with Gasteiger partial charge in [0.1, 0.15) is 5.75 Å². The Bertz CT molecular complexity index is 1040. The fourth-order valence-corrected chi connectivity index (χ4v) is 2.56. The first kappa shape index (κ1) is 20.4. The van der Waals surface area contributed by atoms with E-state index in [9.17, 15) is 9.59 Å². The highest BCUT2D eigenvalue weighted by atomic mass is 16.5. The molecule has 3 N–H and O–H groups in total. The molecule has 150 valence electrons. The zero-order valence-electron chi connectivity index (χ0n) is 16.3. The standard InChI is InChI=1S/C23H20N4O3/c1-16(30-21-13-7-17(15-24)8-14-21)22(28)25-19-9-11-20(12-10-19)27-23(29)26-18-5-3-2-4-6-18/h2-14,16H,1H3,(H,25,28)(H2,26,27,29). The van der Waals surface area contributed by atoms with Gasteiger partial charge in [0.25, 0.3) is 5.91 Å². The summed E-state index contributed by atoms with van der Waals surface area (Å²) in [5, 5.41) is 17.0. The largest absolute Gasteiger partial charge is 0.481 e. The molecular formula is C23H20N4O3. The van der Waals surface area contributed by atoms with Crippen LogP contribution in [0.2, 0.25) is 0 Å². The summed E-state index contributed by atoms with van der Waals surface area (Å²) >= 11 is 0. The van der Waals surface area contributed by atoms with Crippen molar-refractivity contribution in [1.29, 1.82) is 5.26 Å². The van der Waals surface area contributed by atoms with E-state index < -0.39 is 6.10 Å². The smallest absolute Gasteiger partial charge is 0.323 e. The van der Waals surface area contributed by atoms with Gasteiger partial charge in [0.2, 0.25) is 0 Å². The maximum atomic E-state index is 12.3. The highest BCUT2D eigenvalue weighted by molar-refractivity contribution is 6.00. The third kappa shape index (κ3) is 5.84. The number of nitrogens with one attached hydrogen (secondary N) is 3. The molecule has 0 saturated heterocycles. The van der Waals surface area contributed by atoms with Crippen molar-refractivity contribution in [2.24, 2.45) is 0 Å². The zero-order chi connectivity index (χ0) is 21.3. The predicted molar refractivity (Wildman–Crippen MR) is 115 cm³/mol. The number of benzene rings is 3. The van der Waals surface area contributed by atoms with Crippen molar-refractivity contribution < 1.29 is 14.3 Å². The van der Waals surface area contributed by atoms with Gasteiger partial charge in [-0.3, -0.25) is 4.79 Å². The number of carbonyl (C=O) groups is 2. The van der Waals surface area contributed by atoms with Crippen LogP contribution in [0.3, 0.4) is 0 Å². The normalized spacial score (nSPS) is 10.9. The van der Waals surface area contributed by atoms with Gasteiger partial charge in [-0.1, -0.05) is 18.2 Å². The van der Waals surface area contributed by atoms with Crippen LogP contribution in [0, 0.1) is 11.3 Å². The van der Waals surface area contributed by atoms with E-state index >= 15 is 0 Å².